The van der Waals surface area contributed by atoms with Crippen LogP contribution in [0.3, 0.4) is 0 Å². The monoisotopic (exact) mass is 578 g/mol. The summed E-state index contributed by atoms with van der Waals surface area (Å²) in [5.74, 6) is 0. The van der Waals surface area contributed by atoms with Gasteiger partial charge in [0, 0.05) is 11.4 Å². The molecule has 44 heavy (non-hydrogen) atoms. The maximum absolute atomic E-state index is 12.4. The van der Waals surface area contributed by atoms with Gasteiger partial charge in [-0.05, 0) is 92.3 Å². The van der Waals surface area contributed by atoms with Crippen molar-refractivity contribution in [3.63, 3.8) is 0 Å². The summed E-state index contributed by atoms with van der Waals surface area (Å²) in [6, 6.07) is 42.8. The van der Waals surface area contributed by atoms with Crippen LogP contribution in [0.4, 0.5) is 0 Å². The largest absolute Gasteiger partial charge is 0.373 e. The van der Waals surface area contributed by atoms with Gasteiger partial charge < -0.3 is 5.11 Å². The molecule has 0 aliphatic carbocycles. The molecule has 222 valence electrons. The highest BCUT2D eigenvalue weighted by molar-refractivity contribution is 5.42. The van der Waals surface area contributed by atoms with Gasteiger partial charge in [-0.1, -0.05) is 127 Å². The second-order valence-corrected chi connectivity index (χ2v) is 11.2. The van der Waals surface area contributed by atoms with Gasteiger partial charge in [-0.2, -0.15) is 0 Å². The molecular formula is C41H42N2O. The summed E-state index contributed by atoms with van der Waals surface area (Å²) in [7, 11) is 0. The first-order chi connectivity index (χ1) is 21.7. The van der Waals surface area contributed by atoms with Crippen LogP contribution in [0.15, 0.2) is 152 Å². The van der Waals surface area contributed by atoms with E-state index in [-0.39, 0.29) is 0 Å². The van der Waals surface area contributed by atoms with Crippen LogP contribution in [0.1, 0.15) is 65.1 Å². The molecule has 5 rings (SSSR count). The molecule has 0 unspecified atom stereocenters. The molecule has 5 aromatic rings. The van der Waals surface area contributed by atoms with Crippen LogP contribution >= 0.6 is 0 Å². The predicted octanol–water partition coefficient (Wildman–Crippen LogP) is 9.00. The Bertz CT molecular complexity index is 1510. The van der Waals surface area contributed by atoms with Gasteiger partial charge in [0.2, 0.25) is 0 Å². The highest BCUT2D eigenvalue weighted by Crippen LogP contribution is 2.35. The molecular weight excluding hydrogens is 536 g/mol. The first-order valence-corrected chi connectivity index (χ1v) is 15.8. The Labute approximate surface area is 262 Å². The molecule has 3 nitrogen and oxygen atoms in total. The normalized spacial score (nSPS) is 11.8. The van der Waals surface area contributed by atoms with Crippen LogP contribution in [0, 0.1) is 0 Å². The molecule has 2 heterocycles. The topological polar surface area (TPSA) is 46.0 Å². The highest BCUT2D eigenvalue weighted by atomic mass is 16.3. The van der Waals surface area contributed by atoms with E-state index >= 15 is 0 Å². The zero-order valence-corrected chi connectivity index (χ0v) is 25.4. The van der Waals surface area contributed by atoms with Crippen molar-refractivity contribution in [2.45, 2.75) is 57.0 Å². The minimum Gasteiger partial charge on any atom is -0.373 e. The van der Waals surface area contributed by atoms with Gasteiger partial charge in [-0.25, -0.2) is 0 Å². The van der Waals surface area contributed by atoms with Gasteiger partial charge in [-0.15, -0.1) is 0 Å². The van der Waals surface area contributed by atoms with Crippen molar-refractivity contribution >= 4 is 0 Å². The van der Waals surface area contributed by atoms with E-state index in [9.17, 15) is 5.11 Å². The van der Waals surface area contributed by atoms with Crippen LogP contribution in [0.25, 0.3) is 0 Å². The van der Waals surface area contributed by atoms with Gasteiger partial charge in [0.15, 0.2) is 5.60 Å². The van der Waals surface area contributed by atoms with E-state index in [1.165, 1.54) is 11.1 Å². The number of nitrogens with zero attached hydrogens (tertiary/aromatic N) is 2. The van der Waals surface area contributed by atoms with E-state index in [0.717, 1.165) is 68.3 Å². The Hall–Kier alpha value is -4.60. The van der Waals surface area contributed by atoms with E-state index in [1.54, 1.807) is 0 Å². The molecule has 0 atom stereocenters. The summed E-state index contributed by atoms with van der Waals surface area (Å²) < 4.78 is 0. The van der Waals surface area contributed by atoms with Crippen LogP contribution in [-0.2, 0) is 31.3 Å². The Kier molecular flexibility index (Phi) is 11.4. The van der Waals surface area contributed by atoms with Gasteiger partial charge >= 0.3 is 0 Å². The molecule has 0 fully saturated rings. The van der Waals surface area contributed by atoms with Gasteiger partial charge in [-0.3, -0.25) is 9.97 Å². The van der Waals surface area contributed by atoms with Gasteiger partial charge in [0.05, 0.1) is 11.4 Å². The number of hydrogen-bond donors (Lipinski definition) is 1. The summed E-state index contributed by atoms with van der Waals surface area (Å²) in [5.41, 5.74) is 5.14. The molecule has 3 aromatic carbocycles. The van der Waals surface area contributed by atoms with E-state index in [1.807, 2.05) is 66.7 Å². The molecule has 0 spiro atoms. The van der Waals surface area contributed by atoms with Crippen LogP contribution in [-0.4, -0.2) is 15.1 Å². The van der Waals surface area contributed by atoms with Crippen molar-refractivity contribution in [1.29, 1.82) is 0 Å². The molecule has 0 radical (unpaired) electrons. The number of allylic oxidation sites excluding steroid dienone is 4. The fourth-order valence-electron chi connectivity index (χ4n) is 5.47. The standard InChI is InChI=1S/C41H42N2O/c44-41(36-26-14-7-15-27-36,39-32-18-30-37(42-39)28-16-3-1-8-20-34-22-10-5-11-23-34)40-33-19-31-38(43-40)29-17-4-2-9-21-35-24-12-6-13-25-35/h1-7,10-15,18-19,22-27,30-33,44H,8-9,16-17,20-21,28-29H2/b3-1+,4-2+. The van der Waals surface area contributed by atoms with Crippen molar-refractivity contribution in [3.8, 4) is 0 Å². The van der Waals surface area contributed by atoms with Crippen LogP contribution in [0.5, 0.6) is 0 Å². The zero-order valence-electron chi connectivity index (χ0n) is 25.4. The number of rotatable bonds is 15. The van der Waals surface area contributed by atoms with E-state index < -0.39 is 5.60 Å². The summed E-state index contributed by atoms with van der Waals surface area (Å²) in [5, 5.41) is 12.4. The Morgan fingerprint density at radius 2 is 0.818 bits per heavy atom. The quantitative estimate of drug-likeness (QED) is 0.126. The van der Waals surface area contributed by atoms with E-state index in [2.05, 4.69) is 85.0 Å². The predicted molar refractivity (Wildman–Crippen MR) is 181 cm³/mol. The molecule has 1 N–H and O–H groups in total. The number of aliphatic hydroxyl groups is 1. The Morgan fingerprint density at radius 3 is 1.25 bits per heavy atom. The van der Waals surface area contributed by atoms with E-state index in [0.29, 0.717) is 11.4 Å². The van der Waals surface area contributed by atoms with Gasteiger partial charge in [0.1, 0.15) is 0 Å². The lowest BCUT2D eigenvalue weighted by molar-refractivity contribution is 0.115. The summed E-state index contributed by atoms with van der Waals surface area (Å²) in [6.45, 7) is 0. The molecule has 2 aromatic heterocycles. The van der Waals surface area contributed by atoms with Crippen molar-refractivity contribution in [1.82, 2.24) is 9.97 Å². The minimum atomic E-state index is -1.45. The van der Waals surface area contributed by atoms with Crippen molar-refractivity contribution in [3.05, 3.63) is 191 Å². The third kappa shape index (κ3) is 8.72. The molecule has 3 heteroatoms. The van der Waals surface area contributed by atoms with Gasteiger partial charge in [0.25, 0.3) is 0 Å². The lowest BCUT2D eigenvalue weighted by Gasteiger charge is -2.28. The zero-order chi connectivity index (χ0) is 30.3. The SMILES string of the molecule is OC(c1ccccc1)(c1cccc(CC/C=C/CCc2ccccc2)n1)c1cccc(CC/C=C/CCc2ccccc2)n1. The summed E-state index contributed by atoms with van der Waals surface area (Å²) in [6.07, 6.45) is 16.6. The van der Waals surface area contributed by atoms with Crippen LogP contribution < -0.4 is 0 Å². The second-order valence-electron chi connectivity index (χ2n) is 11.2. The second kappa shape index (κ2) is 16.3. The molecule has 0 aliphatic rings. The number of aryl methyl sites for hydroxylation is 4. The average molecular weight is 579 g/mol. The van der Waals surface area contributed by atoms with Crippen molar-refractivity contribution in [2.75, 3.05) is 0 Å². The van der Waals surface area contributed by atoms with E-state index in [4.69, 9.17) is 9.97 Å². The molecule has 0 bridgehead atoms. The molecule has 0 amide bonds. The number of hydrogen-bond acceptors (Lipinski definition) is 3. The lowest BCUT2D eigenvalue weighted by atomic mass is 9.86. The third-order valence-corrected chi connectivity index (χ3v) is 7.90. The Balaban J connectivity index is 1.25. The first-order valence-electron chi connectivity index (χ1n) is 15.8. The molecule has 0 saturated carbocycles. The fraction of sp³-hybridized carbons (Fsp3) is 0.220. The van der Waals surface area contributed by atoms with Crippen molar-refractivity contribution in [2.24, 2.45) is 0 Å². The maximum Gasteiger partial charge on any atom is 0.174 e. The number of pyridine rings is 2. The third-order valence-electron chi connectivity index (χ3n) is 7.90. The average Bonchev–Trinajstić information content (AvgIpc) is 3.09. The summed E-state index contributed by atoms with van der Waals surface area (Å²) >= 11 is 0. The molecule has 0 saturated heterocycles. The smallest absolute Gasteiger partial charge is 0.174 e. The van der Waals surface area contributed by atoms with Crippen molar-refractivity contribution < 1.29 is 5.11 Å². The number of benzene rings is 3. The highest BCUT2D eigenvalue weighted by Gasteiger charge is 2.37. The first kappa shape index (κ1) is 30.8. The van der Waals surface area contributed by atoms with Crippen LogP contribution in [0.2, 0.25) is 0 Å². The molecule has 0 aliphatic heterocycles. The minimum absolute atomic E-state index is 0.597. The maximum atomic E-state index is 12.4. The number of aromatic nitrogens is 2. The Morgan fingerprint density at radius 1 is 0.432 bits per heavy atom. The lowest BCUT2D eigenvalue weighted by Crippen LogP contribution is -2.31. The fourth-order valence-corrected chi connectivity index (χ4v) is 5.47. The summed E-state index contributed by atoms with van der Waals surface area (Å²) in [4.78, 5) is 9.96.